The van der Waals surface area contributed by atoms with Crippen LogP contribution in [0.25, 0.3) is 0 Å². The predicted octanol–water partition coefficient (Wildman–Crippen LogP) is 3.20. The first kappa shape index (κ1) is 18.1. The quantitative estimate of drug-likeness (QED) is 0.605. The molecule has 0 N–H and O–H groups in total. The third-order valence-corrected chi connectivity index (χ3v) is 2.09. The summed E-state index contributed by atoms with van der Waals surface area (Å²) in [5, 5.41) is 0. The molecule has 80 valence electrons. The van der Waals surface area contributed by atoms with Gasteiger partial charge in [0.05, 0.1) is 0 Å². The summed E-state index contributed by atoms with van der Waals surface area (Å²) in [6, 6.07) is 0. The molecule has 0 saturated heterocycles. The summed E-state index contributed by atoms with van der Waals surface area (Å²) in [6.45, 7) is 6.23. The molecule has 0 atom stereocenters. The lowest BCUT2D eigenvalue weighted by atomic mass is 10.1. The Bertz CT molecular complexity index is 188. The number of rotatable bonds is 2. The van der Waals surface area contributed by atoms with Crippen LogP contribution in [0.4, 0.5) is 0 Å². The van der Waals surface area contributed by atoms with Gasteiger partial charge in [-0.1, -0.05) is 14.9 Å². The molecule has 0 rings (SSSR count). The lowest BCUT2D eigenvalue weighted by molar-refractivity contribution is 0.510. The van der Waals surface area contributed by atoms with E-state index in [1.165, 1.54) is 11.3 Å². The van der Waals surface area contributed by atoms with Crippen molar-refractivity contribution in [3.8, 4) is 0 Å². The number of nitrogens with zero attached hydrogens (tertiary/aromatic N) is 2. The average Bonchev–Trinajstić information content (AvgIpc) is 2.00. The first-order valence-electron chi connectivity index (χ1n) is 3.79. The minimum absolute atomic E-state index is 0. The van der Waals surface area contributed by atoms with Crippen molar-refractivity contribution >= 4 is 5.71 Å². The van der Waals surface area contributed by atoms with Gasteiger partial charge in [-0.05, 0) is 26.3 Å². The van der Waals surface area contributed by atoms with E-state index in [4.69, 9.17) is 0 Å². The summed E-state index contributed by atoms with van der Waals surface area (Å²) >= 11 is 0. The van der Waals surface area contributed by atoms with Crippen molar-refractivity contribution in [1.82, 2.24) is 4.90 Å². The van der Waals surface area contributed by atoms with Crippen molar-refractivity contribution in [1.29, 1.82) is 0 Å². The molecule has 0 spiro atoms. The van der Waals surface area contributed by atoms with Crippen molar-refractivity contribution in [2.75, 3.05) is 21.1 Å². The van der Waals surface area contributed by atoms with Crippen molar-refractivity contribution in [3.63, 3.8) is 0 Å². The lowest BCUT2D eigenvalue weighted by Crippen LogP contribution is -2.12. The lowest BCUT2D eigenvalue weighted by Gasteiger charge is -2.16. The Hall–Kier alpha value is -0.790. The Labute approximate surface area is 84.4 Å². The molecule has 0 aromatic heterocycles. The third-order valence-electron chi connectivity index (χ3n) is 2.09. The normalized spacial score (nSPS) is 12.3. The van der Waals surface area contributed by atoms with Gasteiger partial charge in [-0.15, -0.1) is 0 Å². The van der Waals surface area contributed by atoms with Gasteiger partial charge in [0.2, 0.25) is 0 Å². The van der Waals surface area contributed by atoms with E-state index in [1.54, 1.807) is 0 Å². The topological polar surface area (TPSA) is 15.6 Å². The molecule has 0 aliphatic rings. The summed E-state index contributed by atoms with van der Waals surface area (Å²) < 4.78 is 0. The maximum absolute atomic E-state index is 4.12. The first-order chi connectivity index (χ1) is 5.00. The fraction of sp³-hybridized carbons (Fsp3) is 0.727. The van der Waals surface area contributed by atoms with Crippen LogP contribution in [0.15, 0.2) is 16.3 Å². The molecular formula is C11H26N2. The van der Waals surface area contributed by atoms with E-state index in [-0.39, 0.29) is 14.9 Å². The molecule has 0 bridgehead atoms. The molecule has 0 saturated carbocycles. The molecule has 0 radical (unpaired) electrons. The highest BCUT2D eigenvalue weighted by molar-refractivity contribution is 5.98. The molecule has 0 aliphatic heterocycles. The van der Waals surface area contributed by atoms with E-state index in [0.717, 1.165) is 5.71 Å². The standard InChI is InChI=1S/C9H18N2.2CH4/c1-7(8(2)10-4)9(3)11(5)6;;/h1-6H3;2*1H4/b9-7-,10-8?;;. The van der Waals surface area contributed by atoms with Crippen LogP contribution in [0.1, 0.15) is 35.6 Å². The van der Waals surface area contributed by atoms with Crippen LogP contribution in [0, 0.1) is 0 Å². The molecule has 0 amide bonds. The van der Waals surface area contributed by atoms with Gasteiger partial charge in [-0.3, -0.25) is 4.99 Å². The van der Waals surface area contributed by atoms with Crippen LogP contribution in [-0.2, 0) is 0 Å². The summed E-state index contributed by atoms with van der Waals surface area (Å²) in [6.07, 6.45) is 0. The number of hydrogen-bond acceptors (Lipinski definition) is 2. The van der Waals surface area contributed by atoms with E-state index >= 15 is 0 Å². The summed E-state index contributed by atoms with van der Waals surface area (Å²) in [4.78, 5) is 6.23. The molecule has 0 fully saturated rings. The van der Waals surface area contributed by atoms with Crippen LogP contribution in [0.2, 0.25) is 0 Å². The zero-order valence-corrected chi connectivity index (χ0v) is 8.39. The Morgan fingerprint density at radius 2 is 1.38 bits per heavy atom. The Morgan fingerprint density at radius 1 is 1.00 bits per heavy atom. The molecule has 0 unspecified atom stereocenters. The number of allylic oxidation sites excluding steroid dienone is 2. The second-order valence-corrected chi connectivity index (χ2v) is 2.91. The monoisotopic (exact) mass is 186 g/mol. The highest BCUT2D eigenvalue weighted by Crippen LogP contribution is 2.07. The van der Waals surface area contributed by atoms with Crippen LogP contribution >= 0.6 is 0 Å². The van der Waals surface area contributed by atoms with Crippen LogP contribution in [-0.4, -0.2) is 31.8 Å². The van der Waals surface area contributed by atoms with Gasteiger partial charge < -0.3 is 4.90 Å². The first-order valence-corrected chi connectivity index (χ1v) is 3.79. The smallest absolute Gasteiger partial charge is 0.0360 e. The molecule has 2 heteroatoms. The minimum Gasteiger partial charge on any atom is -0.381 e. The highest BCUT2D eigenvalue weighted by Gasteiger charge is 2.00. The van der Waals surface area contributed by atoms with Crippen molar-refractivity contribution in [3.05, 3.63) is 11.3 Å². The molecule has 0 aromatic rings. The third kappa shape index (κ3) is 5.45. The second kappa shape index (κ2) is 7.84. The predicted molar refractivity (Wildman–Crippen MR) is 64.6 cm³/mol. The maximum atomic E-state index is 4.12. The molecule has 2 nitrogen and oxygen atoms in total. The molecule has 0 heterocycles. The van der Waals surface area contributed by atoms with Gasteiger partial charge in [-0.25, -0.2) is 0 Å². The van der Waals surface area contributed by atoms with Crippen LogP contribution < -0.4 is 0 Å². The Kier molecular flexibility index (Phi) is 10.9. The summed E-state index contributed by atoms with van der Waals surface area (Å²) in [5.74, 6) is 0. The number of hydrogen-bond donors (Lipinski definition) is 0. The van der Waals surface area contributed by atoms with Gasteiger partial charge in [0.25, 0.3) is 0 Å². The van der Waals surface area contributed by atoms with E-state index in [1.807, 2.05) is 28.1 Å². The SMILES string of the molecule is C.C.CN=C(C)/C(C)=C(/C)N(C)C. The number of aliphatic imine (C=N–C) groups is 1. The van der Waals surface area contributed by atoms with Gasteiger partial charge in [0.1, 0.15) is 0 Å². The average molecular weight is 186 g/mol. The second-order valence-electron chi connectivity index (χ2n) is 2.91. The summed E-state index contributed by atoms with van der Waals surface area (Å²) in [7, 11) is 5.91. The van der Waals surface area contributed by atoms with Crippen LogP contribution in [0.5, 0.6) is 0 Å². The molecular weight excluding hydrogens is 160 g/mol. The van der Waals surface area contributed by atoms with Gasteiger partial charge >= 0.3 is 0 Å². The van der Waals surface area contributed by atoms with Crippen molar-refractivity contribution in [2.24, 2.45) is 4.99 Å². The largest absolute Gasteiger partial charge is 0.381 e. The minimum atomic E-state index is 0. The fourth-order valence-corrected chi connectivity index (χ4v) is 0.765. The molecule has 13 heavy (non-hydrogen) atoms. The highest BCUT2D eigenvalue weighted by atomic mass is 15.1. The van der Waals surface area contributed by atoms with Gasteiger partial charge in [0.15, 0.2) is 0 Å². The zero-order valence-electron chi connectivity index (χ0n) is 8.39. The van der Waals surface area contributed by atoms with E-state index in [9.17, 15) is 0 Å². The van der Waals surface area contributed by atoms with Gasteiger partial charge in [-0.2, -0.15) is 0 Å². The van der Waals surface area contributed by atoms with E-state index < -0.39 is 0 Å². The maximum Gasteiger partial charge on any atom is 0.0360 e. The molecule has 0 aliphatic carbocycles. The zero-order chi connectivity index (χ0) is 9.02. The van der Waals surface area contributed by atoms with Crippen molar-refractivity contribution < 1.29 is 0 Å². The van der Waals surface area contributed by atoms with Crippen molar-refractivity contribution in [2.45, 2.75) is 35.6 Å². The fourth-order valence-electron chi connectivity index (χ4n) is 0.765. The van der Waals surface area contributed by atoms with Gasteiger partial charge in [0, 0.05) is 32.6 Å². The Morgan fingerprint density at radius 3 is 1.62 bits per heavy atom. The van der Waals surface area contributed by atoms with E-state index in [0.29, 0.717) is 0 Å². The summed E-state index contributed by atoms with van der Waals surface area (Å²) in [5.41, 5.74) is 3.64. The van der Waals surface area contributed by atoms with E-state index in [2.05, 4.69) is 23.7 Å². The van der Waals surface area contributed by atoms with Crippen LogP contribution in [0.3, 0.4) is 0 Å². The molecule has 0 aromatic carbocycles. The Balaban J connectivity index is -0.000000500.